The standard InChI is InChI=1S/C14H18N4OS/c1-9(15)13(19)16-10-4-5-11-12(8-10)20-14(17-11)18-6-2-3-7-18/h4-5,8-9H,2-3,6-7,15H2,1H3,(H,16,19). The van der Waals surface area contributed by atoms with E-state index in [0.29, 0.717) is 0 Å². The largest absolute Gasteiger partial charge is 0.348 e. The summed E-state index contributed by atoms with van der Waals surface area (Å²) >= 11 is 1.68. The molecule has 6 heteroatoms. The second-order valence-electron chi connectivity index (χ2n) is 5.15. The van der Waals surface area contributed by atoms with Crippen molar-refractivity contribution >= 4 is 38.3 Å². The van der Waals surface area contributed by atoms with Crippen LogP contribution in [0.5, 0.6) is 0 Å². The number of nitrogens with two attached hydrogens (primary N) is 1. The van der Waals surface area contributed by atoms with Crippen LogP contribution in [0.3, 0.4) is 0 Å². The molecule has 5 nitrogen and oxygen atoms in total. The fraction of sp³-hybridized carbons (Fsp3) is 0.429. The van der Waals surface area contributed by atoms with E-state index in [2.05, 4.69) is 15.2 Å². The molecular formula is C14H18N4OS. The van der Waals surface area contributed by atoms with Gasteiger partial charge in [-0.25, -0.2) is 4.98 Å². The highest BCUT2D eigenvalue weighted by atomic mass is 32.1. The molecule has 106 valence electrons. The van der Waals surface area contributed by atoms with Gasteiger partial charge < -0.3 is 16.0 Å². The first-order valence-corrected chi connectivity index (χ1v) is 7.67. The minimum Gasteiger partial charge on any atom is -0.348 e. The Morgan fingerprint density at radius 2 is 2.20 bits per heavy atom. The first-order valence-electron chi connectivity index (χ1n) is 6.85. The minimum absolute atomic E-state index is 0.173. The van der Waals surface area contributed by atoms with Gasteiger partial charge in [-0.05, 0) is 38.0 Å². The molecule has 1 atom stereocenters. The quantitative estimate of drug-likeness (QED) is 0.909. The van der Waals surface area contributed by atoms with Gasteiger partial charge in [0.1, 0.15) is 0 Å². The number of hydrogen-bond acceptors (Lipinski definition) is 5. The average Bonchev–Trinajstić information content (AvgIpc) is 3.06. The van der Waals surface area contributed by atoms with Crippen molar-refractivity contribution in [3.8, 4) is 0 Å². The maximum atomic E-state index is 11.6. The second kappa shape index (κ2) is 5.38. The number of carbonyl (C=O) groups excluding carboxylic acids is 1. The Kier molecular flexibility index (Phi) is 3.58. The van der Waals surface area contributed by atoms with Crippen LogP contribution in [0.4, 0.5) is 10.8 Å². The molecule has 0 aliphatic carbocycles. The molecule has 1 aromatic heterocycles. The van der Waals surface area contributed by atoms with E-state index >= 15 is 0 Å². The lowest BCUT2D eigenvalue weighted by Crippen LogP contribution is -2.32. The molecule has 0 radical (unpaired) electrons. The van der Waals surface area contributed by atoms with Crippen LogP contribution in [0.2, 0.25) is 0 Å². The molecule has 1 aliphatic rings. The van der Waals surface area contributed by atoms with Gasteiger partial charge in [-0.3, -0.25) is 4.79 Å². The molecule has 1 unspecified atom stereocenters. The molecule has 0 saturated carbocycles. The van der Waals surface area contributed by atoms with Crippen LogP contribution in [-0.4, -0.2) is 30.0 Å². The Bertz CT molecular complexity index is 631. The van der Waals surface area contributed by atoms with Gasteiger partial charge in [-0.1, -0.05) is 11.3 Å². The van der Waals surface area contributed by atoms with E-state index < -0.39 is 6.04 Å². The Balaban J connectivity index is 1.85. The smallest absolute Gasteiger partial charge is 0.240 e. The van der Waals surface area contributed by atoms with E-state index in [9.17, 15) is 4.79 Å². The molecule has 20 heavy (non-hydrogen) atoms. The van der Waals surface area contributed by atoms with E-state index in [4.69, 9.17) is 5.73 Å². The van der Waals surface area contributed by atoms with Crippen molar-refractivity contribution in [1.82, 2.24) is 4.98 Å². The van der Waals surface area contributed by atoms with E-state index in [1.807, 2.05) is 18.2 Å². The van der Waals surface area contributed by atoms with Crippen molar-refractivity contribution < 1.29 is 4.79 Å². The van der Waals surface area contributed by atoms with Crippen molar-refractivity contribution in [2.75, 3.05) is 23.3 Å². The Morgan fingerprint density at radius 3 is 2.90 bits per heavy atom. The van der Waals surface area contributed by atoms with Crippen molar-refractivity contribution in [2.24, 2.45) is 5.73 Å². The molecule has 3 N–H and O–H groups in total. The predicted molar refractivity (Wildman–Crippen MR) is 83.3 cm³/mol. The molecule has 0 bridgehead atoms. The van der Waals surface area contributed by atoms with Gasteiger partial charge >= 0.3 is 0 Å². The summed E-state index contributed by atoms with van der Waals surface area (Å²) in [5.74, 6) is -0.173. The number of amides is 1. The Hall–Kier alpha value is -1.66. The zero-order valence-corrected chi connectivity index (χ0v) is 12.2. The van der Waals surface area contributed by atoms with E-state index in [1.54, 1.807) is 18.3 Å². The van der Waals surface area contributed by atoms with Gasteiger partial charge in [0.05, 0.1) is 16.3 Å². The van der Waals surface area contributed by atoms with Crippen LogP contribution in [0.25, 0.3) is 10.2 Å². The number of nitrogens with one attached hydrogen (secondary N) is 1. The summed E-state index contributed by atoms with van der Waals surface area (Å²) in [4.78, 5) is 18.6. The van der Waals surface area contributed by atoms with Gasteiger partial charge in [0.15, 0.2) is 5.13 Å². The SMILES string of the molecule is CC(N)C(=O)Nc1ccc2nc(N3CCCC3)sc2c1. The molecule has 1 amide bonds. The van der Waals surface area contributed by atoms with Gasteiger partial charge in [-0.2, -0.15) is 0 Å². The maximum absolute atomic E-state index is 11.6. The number of nitrogens with zero attached hydrogens (tertiary/aromatic N) is 2. The summed E-state index contributed by atoms with van der Waals surface area (Å²) in [5, 5.41) is 3.89. The maximum Gasteiger partial charge on any atom is 0.240 e. The van der Waals surface area contributed by atoms with Crippen molar-refractivity contribution in [2.45, 2.75) is 25.8 Å². The highest BCUT2D eigenvalue weighted by molar-refractivity contribution is 7.22. The average molecular weight is 290 g/mol. The molecule has 2 aromatic rings. The fourth-order valence-corrected chi connectivity index (χ4v) is 3.35. The van der Waals surface area contributed by atoms with Crippen molar-refractivity contribution in [3.05, 3.63) is 18.2 Å². The molecule has 2 heterocycles. The third kappa shape index (κ3) is 2.62. The van der Waals surface area contributed by atoms with Gasteiger partial charge in [0.25, 0.3) is 0 Å². The summed E-state index contributed by atoms with van der Waals surface area (Å²) < 4.78 is 1.09. The van der Waals surface area contributed by atoms with Crippen LogP contribution >= 0.6 is 11.3 Å². The molecule has 0 spiro atoms. The van der Waals surface area contributed by atoms with E-state index in [1.165, 1.54) is 12.8 Å². The van der Waals surface area contributed by atoms with Crippen LogP contribution in [0, 0.1) is 0 Å². The normalized spacial score (nSPS) is 16.6. The lowest BCUT2D eigenvalue weighted by molar-refractivity contribution is -0.117. The Labute approximate surface area is 121 Å². The second-order valence-corrected chi connectivity index (χ2v) is 6.16. The molecule has 1 aromatic carbocycles. The van der Waals surface area contributed by atoms with Crippen molar-refractivity contribution in [3.63, 3.8) is 0 Å². The predicted octanol–water partition coefficient (Wildman–Crippen LogP) is 2.18. The monoisotopic (exact) mass is 290 g/mol. The number of carbonyl (C=O) groups is 1. The summed E-state index contributed by atoms with van der Waals surface area (Å²) in [6.07, 6.45) is 2.48. The third-order valence-electron chi connectivity index (χ3n) is 3.43. The molecule has 1 fully saturated rings. The van der Waals surface area contributed by atoms with Crippen LogP contribution < -0.4 is 16.0 Å². The lowest BCUT2D eigenvalue weighted by Gasteiger charge is -2.11. The van der Waals surface area contributed by atoms with Crippen LogP contribution in [0.1, 0.15) is 19.8 Å². The highest BCUT2D eigenvalue weighted by Crippen LogP contribution is 2.32. The first kappa shape index (κ1) is 13.3. The highest BCUT2D eigenvalue weighted by Gasteiger charge is 2.16. The van der Waals surface area contributed by atoms with E-state index in [0.717, 1.165) is 34.1 Å². The number of benzene rings is 1. The lowest BCUT2D eigenvalue weighted by atomic mass is 10.2. The van der Waals surface area contributed by atoms with Crippen LogP contribution in [-0.2, 0) is 4.79 Å². The number of aromatic nitrogens is 1. The summed E-state index contributed by atoms with van der Waals surface area (Å²) in [7, 11) is 0. The van der Waals surface area contributed by atoms with Gasteiger partial charge in [0, 0.05) is 18.8 Å². The number of hydrogen-bond donors (Lipinski definition) is 2. The molecule has 1 aliphatic heterocycles. The van der Waals surface area contributed by atoms with Gasteiger partial charge in [-0.15, -0.1) is 0 Å². The third-order valence-corrected chi connectivity index (χ3v) is 4.51. The summed E-state index contributed by atoms with van der Waals surface area (Å²) in [6.45, 7) is 3.86. The molecule has 3 rings (SSSR count). The zero-order valence-electron chi connectivity index (χ0n) is 11.4. The summed E-state index contributed by atoms with van der Waals surface area (Å²) in [6, 6.07) is 5.28. The van der Waals surface area contributed by atoms with Gasteiger partial charge in [0.2, 0.25) is 5.91 Å². The molecule has 1 saturated heterocycles. The Morgan fingerprint density at radius 1 is 1.45 bits per heavy atom. The number of fused-ring (bicyclic) bond motifs is 1. The number of rotatable bonds is 3. The summed E-state index contributed by atoms with van der Waals surface area (Å²) in [5.41, 5.74) is 7.31. The number of thiazole rings is 1. The van der Waals surface area contributed by atoms with E-state index in [-0.39, 0.29) is 5.91 Å². The topological polar surface area (TPSA) is 71.2 Å². The number of anilines is 2. The first-order chi connectivity index (χ1) is 9.63. The zero-order chi connectivity index (χ0) is 14.1. The van der Waals surface area contributed by atoms with Crippen molar-refractivity contribution in [1.29, 1.82) is 0 Å². The molecular weight excluding hydrogens is 272 g/mol. The minimum atomic E-state index is -0.507. The van der Waals surface area contributed by atoms with Crippen LogP contribution in [0.15, 0.2) is 18.2 Å². The fourth-order valence-electron chi connectivity index (χ4n) is 2.29.